The van der Waals surface area contributed by atoms with E-state index in [4.69, 9.17) is 9.88 Å². The number of nitrogens with two attached hydrogens (primary N) is 1. The summed E-state index contributed by atoms with van der Waals surface area (Å²) in [7, 11) is -2.56. The monoisotopic (exact) mass is 515 g/mol. The van der Waals surface area contributed by atoms with E-state index in [9.17, 15) is 22.4 Å². The van der Waals surface area contributed by atoms with Gasteiger partial charge < -0.3 is 15.4 Å². The quantitative estimate of drug-likeness (QED) is 0.363. The van der Waals surface area contributed by atoms with Crippen molar-refractivity contribution < 1.29 is 22.3 Å². The summed E-state index contributed by atoms with van der Waals surface area (Å²) in [6.07, 6.45) is 1.65. The number of pyridine rings is 1. The Morgan fingerprint density at radius 3 is 2.53 bits per heavy atom. The van der Waals surface area contributed by atoms with Gasteiger partial charge in [0.05, 0.1) is 16.9 Å². The minimum absolute atomic E-state index is 0.00543. The summed E-state index contributed by atoms with van der Waals surface area (Å²) in [4.78, 5) is 26.5. The number of aryl methyl sites for hydroxylation is 1. The summed E-state index contributed by atoms with van der Waals surface area (Å²) in [6.45, 7) is 3.25. The van der Waals surface area contributed by atoms with Gasteiger partial charge in [0.2, 0.25) is 0 Å². The lowest BCUT2D eigenvalue weighted by Crippen LogP contribution is -2.31. The first-order chi connectivity index (χ1) is 16.9. The highest BCUT2D eigenvalue weighted by molar-refractivity contribution is 7.90. The van der Waals surface area contributed by atoms with Crippen molar-refractivity contribution in [2.45, 2.75) is 32.7 Å². The Bertz CT molecular complexity index is 1520. The standard InChI is InChI=1S/C24H26FN5O5S/c1-13-7-10-19(18(25)11-13)28-22-20(23(31)27-15-8-9-15)21(14(2)24(32)30(22)3)35-17-6-4-5-16(12-17)29-36(26,33)34/h4-7,10-12,15,28-29H,8-9H2,1-3H3,(H,27,31)(H2,26,33,34). The number of amides is 1. The van der Waals surface area contributed by atoms with E-state index in [1.54, 1.807) is 13.0 Å². The van der Waals surface area contributed by atoms with Crippen LogP contribution >= 0.6 is 0 Å². The summed E-state index contributed by atoms with van der Waals surface area (Å²) in [5, 5.41) is 10.8. The molecule has 0 spiro atoms. The molecule has 1 saturated carbocycles. The fraction of sp³-hybridized carbons (Fsp3) is 0.250. The number of nitrogens with zero attached hydrogens (tertiary/aromatic N) is 1. The normalized spacial score (nSPS) is 13.2. The predicted molar refractivity (Wildman–Crippen MR) is 135 cm³/mol. The van der Waals surface area contributed by atoms with Crippen molar-refractivity contribution >= 4 is 33.3 Å². The van der Waals surface area contributed by atoms with Crippen LogP contribution in [-0.2, 0) is 17.3 Å². The Morgan fingerprint density at radius 1 is 1.17 bits per heavy atom. The van der Waals surface area contributed by atoms with Crippen LogP contribution in [-0.4, -0.2) is 24.9 Å². The zero-order valence-corrected chi connectivity index (χ0v) is 20.7. The first-order valence-electron chi connectivity index (χ1n) is 11.1. The maximum atomic E-state index is 14.7. The van der Waals surface area contributed by atoms with E-state index in [1.165, 1.54) is 54.9 Å². The van der Waals surface area contributed by atoms with Gasteiger partial charge in [0.15, 0.2) is 5.75 Å². The van der Waals surface area contributed by atoms with Crippen LogP contribution in [0.3, 0.4) is 0 Å². The smallest absolute Gasteiger partial charge is 0.296 e. The van der Waals surface area contributed by atoms with E-state index < -0.39 is 27.5 Å². The molecule has 2 aromatic carbocycles. The molecule has 1 heterocycles. The Labute approximate surface area is 207 Å². The lowest BCUT2D eigenvalue weighted by atomic mass is 10.1. The largest absolute Gasteiger partial charge is 0.456 e. The molecule has 12 heteroatoms. The molecule has 1 aliphatic rings. The highest BCUT2D eigenvalue weighted by atomic mass is 32.2. The molecule has 0 bridgehead atoms. The fourth-order valence-electron chi connectivity index (χ4n) is 3.64. The number of anilines is 3. The van der Waals surface area contributed by atoms with E-state index >= 15 is 0 Å². The molecule has 190 valence electrons. The van der Waals surface area contributed by atoms with Crippen molar-refractivity contribution in [3.8, 4) is 11.5 Å². The predicted octanol–water partition coefficient (Wildman–Crippen LogP) is 3.18. The first kappa shape index (κ1) is 25.2. The zero-order chi connectivity index (χ0) is 26.2. The molecule has 1 amide bonds. The summed E-state index contributed by atoms with van der Waals surface area (Å²) in [5.41, 5.74) is 0.580. The number of hydrogen-bond acceptors (Lipinski definition) is 6. The highest BCUT2D eigenvalue weighted by Crippen LogP contribution is 2.35. The highest BCUT2D eigenvalue weighted by Gasteiger charge is 2.30. The lowest BCUT2D eigenvalue weighted by Gasteiger charge is -2.21. The third-order valence-electron chi connectivity index (χ3n) is 5.60. The van der Waals surface area contributed by atoms with E-state index in [0.717, 1.165) is 12.8 Å². The molecule has 36 heavy (non-hydrogen) atoms. The van der Waals surface area contributed by atoms with E-state index in [2.05, 4.69) is 15.4 Å². The topological polar surface area (TPSA) is 145 Å². The molecule has 1 fully saturated rings. The number of carbonyl (C=O) groups is 1. The molecule has 0 aliphatic heterocycles. The van der Waals surface area contributed by atoms with Crippen molar-refractivity contribution in [1.29, 1.82) is 0 Å². The van der Waals surface area contributed by atoms with E-state index in [1.807, 2.05) is 0 Å². The molecule has 5 N–H and O–H groups in total. The number of aromatic nitrogens is 1. The van der Waals surface area contributed by atoms with Gasteiger partial charge in [-0.3, -0.25) is 18.9 Å². The Balaban J connectivity index is 1.85. The average molecular weight is 516 g/mol. The average Bonchev–Trinajstić information content (AvgIpc) is 3.60. The zero-order valence-electron chi connectivity index (χ0n) is 19.9. The number of rotatable bonds is 8. The number of nitrogens with one attached hydrogen (secondary N) is 3. The number of benzene rings is 2. The van der Waals surface area contributed by atoms with Gasteiger partial charge in [-0.15, -0.1) is 0 Å². The number of carbonyl (C=O) groups excluding carboxylic acids is 1. The number of ether oxygens (including phenoxy) is 1. The first-order valence-corrected chi connectivity index (χ1v) is 12.6. The third-order valence-corrected chi connectivity index (χ3v) is 6.12. The van der Waals surface area contributed by atoms with Crippen LogP contribution in [0.15, 0.2) is 47.3 Å². The summed E-state index contributed by atoms with van der Waals surface area (Å²) in [5.74, 6) is -0.909. The number of hydrogen-bond donors (Lipinski definition) is 4. The molecular formula is C24H26FN5O5S. The number of halogens is 1. The molecule has 1 aromatic heterocycles. The Kier molecular flexibility index (Phi) is 6.74. The molecule has 3 aromatic rings. The maximum absolute atomic E-state index is 14.7. The van der Waals surface area contributed by atoms with Crippen LogP contribution in [0.25, 0.3) is 0 Å². The van der Waals surface area contributed by atoms with E-state index in [-0.39, 0.29) is 45.9 Å². The van der Waals surface area contributed by atoms with Crippen molar-refractivity contribution in [2.75, 3.05) is 10.0 Å². The summed E-state index contributed by atoms with van der Waals surface area (Å²) in [6, 6.07) is 10.4. The molecule has 0 atom stereocenters. The van der Waals surface area contributed by atoms with Crippen LogP contribution < -0.4 is 30.8 Å². The van der Waals surface area contributed by atoms with Crippen molar-refractivity contribution in [3.05, 3.63) is 75.3 Å². The van der Waals surface area contributed by atoms with Crippen LogP contribution in [0.4, 0.5) is 21.6 Å². The maximum Gasteiger partial charge on any atom is 0.296 e. The van der Waals surface area contributed by atoms with Crippen LogP contribution in [0.5, 0.6) is 11.5 Å². The second-order valence-corrected chi connectivity index (χ2v) is 9.97. The van der Waals surface area contributed by atoms with Gasteiger partial charge in [0, 0.05) is 19.2 Å². The van der Waals surface area contributed by atoms with Gasteiger partial charge in [-0.25, -0.2) is 9.53 Å². The minimum Gasteiger partial charge on any atom is -0.456 e. The second-order valence-electron chi connectivity index (χ2n) is 8.67. The van der Waals surface area contributed by atoms with Gasteiger partial charge in [-0.1, -0.05) is 12.1 Å². The Morgan fingerprint density at radius 2 is 1.89 bits per heavy atom. The van der Waals surface area contributed by atoms with E-state index in [0.29, 0.717) is 5.56 Å². The van der Waals surface area contributed by atoms with Crippen LogP contribution in [0.2, 0.25) is 0 Å². The molecule has 0 unspecified atom stereocenters. The third kappa shape index (κ3) is 5.66. The van der Waals surface area contributed by atoms with Gasteiger partial charge in [0.25, 0.3) is 21.7 Å². The van der Waals surface area contributed by atoms with Gasteiger partial charge in [-0.2, -0.15) is 8.42 Å². The molecule has 0 saturated heterocycles. The summed E-state index contributed by atoms with van der Waals surface area (Å²) < 4.78 is 46.9. The summed E-state index contributed by atoms with van der Waals surface area (Å²) >= 11 is 0. The molecule has 4 rings (SSSR count). The van der Waals surface area contributed by atoms with Crippen molar-refractivity contribution in [2.24, 2.45) is 12.2 Å². The van der Waals surface area contributed by atoms with Gasteiger partial charge >= 0.3 is 0 Å². The van der Waals surface area contributed by atoms with Gasteiger partial charge in [-0.05, 0) is 56.5 Å². The molecular weight excluding hydrogens is 489 g/mol. The minimum atomic E-state index is -4.03. The molecule has 0 radical (unpaired) electrons. The van der Waals surface area contributed by atoms with Crippen LogP contribution in [0, 0.1) is 19.7 Å². The molecule has 10 nitrogen and oxygen atoms in total. The molecule has 1 aliphatic carbocycles. The van der Waals surface area contributed by atoms with Crippen molar-refractivity contribution in [3.63, 3.8) is 0 Å². The second kappa shape index (κ2) is 9.63. The SMILES string of the molecule is Cc1ccc(Nc2c(C(=O)NC3CC3)c(Oc3cccc(NS(N)(=O)=O)c3)c(C)c(=O)n2C)c(F)c1. The van der Waals surface area contributed by atoms with Gasteiger partial charge in [0.1, 0.15) is 22.9 Å². The Hall–Kier alpha value is -3.90. The van der Waals surface area contributed by atoms with Crippen LogP contribution in [0.1, 0.15) is 34.3 Å². The van der Waals surface area contributed by atoms with Crippen molar-refractivity contribution in [1.82, 2.24) is 9.88 Å². The fourth-order valence-corrected chi connectivity index (χ4v) is 4.09. The lowest BCUT2D eigenvalue weighted by molar-refractivity contribution is 0.0948.